The van der Waals surface area contributed by atoms with E-state index in [4.69, 9.17) is 0 Å². The molecule has 1 atom stereocenters. The van der Waals surface area contributed by atoms with Crippen LogP contribution in [0.25, 0.3) is 0 Å². The highest BCUT2D eigenvalue weighted by atomic mass is 32.2. The maximum absolute atomic E-state index is 12.8. The molecule has 6 heteroatoms. The standard InChI is InChI=1S/C19H30N2O3S/c1-14-11-12-15(2)18(13-14)21(25(4,23)24)16(3)19(22)20-17-9-7-5-6-8-10-17/h11-13,16-17H,5-10H2,1-4H3,(H,20,22)/t16-/m0/s1. The van der Waals surface area contributed by atoms with E-state index in [0.717, 1.165) is 43.1 Å². The number of benzene rings is 1. The Labute approximate surface area is 151 Å². The van der Waals surface area contributed by atoms with E-state index in [2.05, 4.69) is 5.32 Å². The van der Waals surface area contributed by atoms with Crippen molar-refractivity contribution in [2.24, 2.45) is 0 Å². The summed E-state index contributed by atoms with van der Waals surface area (Å²) >= 11 is 0. The molecule has 0 saturated heterocycles. The summed E-state index contributed by atoms with van der Waals surface area (Å²) in [5, 5.41) is 3.07. The number of sulfonamides is 1. The molecule has 5 nitrogen and oxygen atoms in total. The summed E-state index contributed by atoms with van der Waals surface area (Å²) in [5.41, 5.74) is 2.38. The van der Waals surface area contributed by atoms with Crippen LogP contribution in [0, 0.1) is 13.8 Å². The predicted molar refractivity (Wildman–Crippen MR) is 102 cm³/mol. The Hall–Kier alpha value is -1.56. The van der Waals surface area contributed by atoms with Crippen molar-refractivity contribution in [3.8, 4) is 0 Å². The van der Waals surface area contributed by atoms with Gasteiger partial charge in [-0.25, -0.2) is 8.42 Å². The summed E-state index contributed by atoms with van der Waals surface area (Å²) in [6, 6.07) is 5.02. The molecular weight excluding hydrogens is 336 g/mol. The van der Waals surface area contributed by atoms with Crippen LogP contribution >= 0.6 is 0 Å². The molecule has 0 bridgehead atoms. The lowest BCUT2D eigenvalue weighted by Crippen LogP contribution is -2.50. The summed E-state index contributed by atoms with van der Waals surface area (Å²) in [5.74, 6) is -0.224. The van der Waals surface area contributed by atoms with Gasteiger partial charge in [-0.1, -0.05) is 37.8 Å². The van der Waals surface area contributed by atoms with Gasteiger partial charge in [0.1, 0.15) is 6.04 Å². The molecule has 25 heavy (non-hydrogen) atoms. The molecule has 140 valence electrons. The summed E-state index contributed by atoms with van der Waals surface area (Å²) < 4.78 is 26.1. The van der Waals surface area contributed by atoms with Crippen LogP contribution in [0.3, 0.4) is 0 Å². The molecule has 1 saturated carbocycles. The lowest BCUT2D eigenvalue weighted by molar-refractivity contribution is -0.122. The van der Waals surface area contributed by atoms with E-state index in [0.29, 0.717) is 5.69 Å². The third-order valence-electron chi connectivity index (χ3n) is 4.89. The Morgan fingerprint density at radius 2 is 1.76 bits per heavy atom. The van der Waals surface area contributed by atoms with E-state index in [9.17, 15) is 13.2 Å². The van der Waals surface area contributed by atoms with Crippen molar-refractivity contribution in [2.45, 2.75) is 71.4 Å². The molecule has 1 aromatic carbocycles. The fourth-order valence-corrected chi connectivity index (χ4v) is 4.71. The Morgan fingerprint density at radius 1 is 1.16 bits per heavy atom. The smallest absolute Gasteiger partial charge is 0.243 e. The van der Waals surface area contributed by atoms with Crippen molar-refractivity contribution in [3.63, 3.8) is 0 Å². The van der Waals surface area contributed by atoms with Crippen molar-refractivity contribution in [1.29, 1.82) is 0 Å². The molecular formula is C19H30N2O3S. The largest absolute Gasteiger partial charge is 0.352 e. The Morgan fingerprint density at radius 3 is 2.32 bits per heavy atom. The summed E-state index contributed by atoms with van der Waals surface area (Å²) in [4.78, 5) is 12.8. The van der Waals surface area contributed by atoms with Crippen LogP contribution in [-0.4, -0.2) is 32.7 Å². The number of nitrogens with one attached hydrogen (secondary N) is 1. The zero-order valence-corrected chi connectivity index (χ0v) is 16.5. The monoisotopic (exact) mass is 366 g/mol. The lowest BCUT2D eigenvalue weighted by atomic mass is 10.1. The molecule has 0 aromatic heterocycles. The highest BCUT2D eigenvalue weighted by Crippen LogP contribution is 2.26. The number of nitrogens with zero attached hydrogens (tertiary/aromatic N) is 1. The van der Waals surface area contributed by atoms with Gasteiger partial charge in [0.25, 0.3) is 0 Å². The van der Waals surface area contributed by atoms with E-state index in [1.807, 2.05) is 32.0 Å². The van der Waals surface area contributed by atoms with Gasteiger partial charge in [-0.05, 0) is 50.8 Å². The van der Waals surface area contributed by atoms with Crippen molar-refractivity contribution < 1.29 is 13.2 Å². The zero-order chi connectivity index (χ0) is 18.6. The van der Waals surface area contributed by atoms with Gasteiger partial charge in [0, 0.05) is 6.04 Å². The Balaban J connectivity index is 2.25. The van der Waals surface area contributed by atoms with Crippen molar-refractivity contribution in [3.05, 3.63) is 29.3 Å². The predicted octanol–water partition coefficient (Wildman–Crippen LogP) is 3.30. The molecule has 1 aliphatic rings. The fourth-order valence-electron chi connectivity index (χ4n) is 3.48. The highest BCUT2D eigenvalue weighted by molar-refractivity contribution is 7.92. The molecule has 1 N–H and O–H groups in total. The number of carbonyl (C=O) groups is 1. The molecule has 0 unspecified atom stereocenters. The van der Waals surface area contributed by atoms with Gasteiger partial charge in [0.2, 0.25) is 15.9 Å². The topological polar surface area (TPSA) is 66.5 Å². The van der Waals surface area contributed by atoms with Crippen LogP contribution < -0.4 is 9.62 Å². The second-order valence-corrected chi connectivity index (χ2v) is 9.08. The van der Waals surface area contributed by atoms with Crippen LogP contribution in [-0.2, 0) is 14.8 Å². The van der Waals surface area contributed by atoms with Crippen LogP contribution in [0.4, 0.5) is 5.69 Å². The van der Waals surface area contributed by atoms with Gasteiger partial charge in [-0.3, -0.25) is 9.10 Å². The minimum atomic E-state index is -3.58. The number of rotatable bonds is 5. The first-order valence-electron chi connectivity index (χ1n) is 9.07. The SMILES string of the molecule is Cc1ccc(C)c(N([C@@H](C)C(=O)NC2CCCCCC2)S(C)(=O)=O)c1. The fraction of sp³-hybridized carbons (Fsp3) is 0.632. The number of amides is 1. The number of hydrogen-bond acceptors (Lipinski definition) is 3. The van der Waals surface area contributed by atoms with E-state index >= 15 is 0 Å². The van der Waals surface area contributed by atoms with Crippen LogP contribution in [0.2, 0.25) is 0 Å². The molecule has 0 radical (unpaired) electrons. The second kappa shape index (κ2) is 8.21. The van der Waals surface area contributed by atoms with E-state index in [-0.39, 0.29) is 11.9 Å². The normalized spacial score (nSPS) is 17.6. The minimum Gasteiger partial charge on any atom is -0.352 e. The molecule has 0 spiro atoms. The van der Waals surface area contributed by atoms with E-state index in [1.165, 1.54) is 17.1 Å². The van der Waals surface area contributed by atoms with E-state index < -0.39 is 16.1 Å². The maximum atomic E-state index is 12.8. The first-order valence-corrected chi connectivity index (χ1v) is 10.9. The number of anilines is 1. The third-order valence-corrected chi connectivity index (χ3v) is 6.12. The van der Waals surface area contributed by atoms with Gasteiger partial charge in [0.15, 0.2) is 0 Å². The van der Waals surface area contributed by atoms with Gasteiger partial charge in [-0.15, -0.1) is 0 Å². The molecule has 1 aromatic rings. The van der Waals surface area contributed by atoms with E-state index in [1.54, 1.807) is 6.92 Å². The summed E-state index contributed by atoms with van der Waals surface area (Å²) in [7, 11) is -3.58. The zero-order valence-electron chi connectivity index (χ0n) is 15.7. The maximum Gasteiger partial charge on any atom is 0.243 e. The third kappa shape index (κ3) is 5.21. The molecule has 1 amide bonds. The van der Waals surface area contributed by atoms with Gasteiger partial charge in [-0.2, -0.15) is 0 Å². The van der Waals surface area contributed by atoms with Crippen molar-refractivity contribution in [2.75, 3.05) is 10.6 Å². The molecule has 0 aliphatic heterocycles. The molecule has 2 rings (SSSR count). The van der Waals surface area contributed by atoms with Crippen LogP contribution in [0.1, 0.15) is 56.6 Å². The van der Waals surface area contributed by atoms with Gasteiger partial charge < -0.3 is 5.32 Å². The average Bonchev–Trinajstić information content (AvgIpc) is 2.78. The van der Waals surface area contributed by atoms with Crippen LogP contribution in [0.5, 0.6) is 0 Å². The quantitative estimate of drug-likeness (QED) is 0.813. The van der Waals surface area contributed by atoms with Gasteiger partial charge >= 0.3 is 0 Å². The first-order chi connectivity index (χ1) is 11.7. The highest BCUT2D eigenvalue weighted by Gasteiger charge is 2.31. The number of hydrogen-bond donors (Lipinski definition) is 1. The minimum absolute atomic E-state index is 0.150. The number of carbonyl (C=O) groups excluding carboxylic acids is 1. The van der Waals surface area contributed by atoms with Crippen molar-refractivity contribution >= 4 is 21.6 Å². The first kappa shape index (κ1) is 19.8. The molecule has 0 heterocycles. The number of aryl methyl sites for hydroxylation is 2. The molecule has 1 aliphatic carbocycles. The summed E-state index contributed by atoms with van der Waals surface area (Å²) in [6.07, 6.45) is 7.75. The Kier molecular flexibility index (Phi) is 6.49. The van der Waals surface area contributed by atoms with Crippen LogP contribution in [0.15, 0.2) is 18.2 Å². The average molecular weight is 367 g/mol. The lowest BCUT2D eigenvalue weighted by Gasteiger charge is -2.31. The summed E-state index contributed by atoms with van der Waals surface area (Å²) in [6.45, 7) is 5.44. The van der Waals surface area contributed by atoms with Gasteiger partial charge in [0.05, 0.1) is 11.9 Å². The van der Waals surface area contributed by atoms with Crippen molar-refractivity contribution in [1.82, 2.24) is 5.32 Å². The molecule has 1 fully saturated rings. The Bertz CT molecular complexity index is 707. The second-order valence-electron chi connectivity index (χ2n) is 7.22.